The molecule has 3 aromatic carbocycles. The summed E-state index contributed by atoms with van der Waals surface area (Å²) in [6.07, 6.45) is -0.177. The van der Waals surface area contributed by atoms with Gasteiger partial charge in [0.05, 0.1) is 5.92 Å². The molecule has 3 aromatic rings. The summed E-state index contributed by atoms with van der Waals surface area (Å²) in [4.78, 5) is 24.6. The molecule has 0 bridgehead atoms. The van der Waals surface area contributed by atoms with E-state index in [1.165, 1.54) is 0 Å². The largest absolute Gasteiger partial charge is 0.481 e. The number of thiocarbonyl (C=S) groups is 1. The minimum absolute atomic E-state index is 0.177. The zero-order valence-corrected chi connectivity index (χ0v) is 16.4. The fraction of sp³-hybridized carbons (Fsp3) is 0.0870. The number of Topliss-reactive ketones (excluding diaryl/α,β-unsaturated/α-hetero) is 1. The second-order valence-corrected chi connectivity index (χ2v) is 7.21. The molecule has 0 heterocycles. The van der Waals surface area contributed by atoms with Gasteiger partial charge in [-0.15, -0.1) is 0 Å². The molecule has 0 radical (unpaired) electrons. The van der Waals surface area contributed by atoms with Crippen LogP contribution < -0.4 is 0 Å². The van der Waals surface area contributed by atoms with Crippen LogP contribution in [0.2, 0.25) is 5.02 Å². The van der Waals surface area contributed by atoms with E-state index in [-0.39, 0.29) is 17.1 Å². The lowest BCUT2D eigenvalue weighted by Crippen LogP contribution is -2.26. The Labute approximate surface area is 173 Å². The van der Waals surface area contributed by atoms with Crippen molar-refractivity contribution in [2.75, 3.05) is 0 Å². The number of hydrogen-bond acceptors (Lipinski definition) is 3. The first kappa shape index (κ1) is 19.9. The first-order valence-electron chi connectivity index (χ1n) is 8.67. The Morgan fingerprint density at radius 2 is 1.36 bits per heavy atom. The average Bonchev–Trinajstić information content (AvgIpc) is 2.72. The van der Waals surface area contributed by atoms with Gasteiger partial charge in [-0.3, -0.25) is 9.59 Å². The molecule has 1 N–H and O–H groups in total. The molecule has 0 aliphatic rings. The number of ketones is 1. The summed E-state index contributed by atoms with van der Waals surface area (Å²) in [6.45, 7) is 0. The fourth-order valence-corrected chi connectivity index (χ4v) is 3.34. The second kappa shape index (κ2) is 8.91. The van der Waals surface area contributed by atoms with Crippen LogP contribution in [-0.2, 0) is 4.79 Å². The van der Waals surface area contributed by atoms with E-state index in [0.717, 1.165) is 11.1 Å². The summed E-state index contributed by atoms with van der Waals surface area (Å²) in [6, 6.07) is 23.4. The lowest BCUT2D eigenvalue weighted by atomic mass is 9.91. The molecule has 28 heavy (non-hydrogen) atoms. The average molecular weight is 409 g/mol. The third-order valence-electron chi connectivity index (χ3n) is 4.45. The first-order valence-corrected chi connectivity index (χ1v) is 9.45. The van der Waals surface area contributed by atoms with E-state index in [9.17, 15) is 14.7 Å². The molecular weight excluding hydrogens is 392 g/mol. The van der Waals surface area contributed by atoms with Gasteiger partial charge in [0.2, 0.25) is 0 Å². The van der Waals surface area contributed by atoms with Crippen molar-refractivity contribution < 1.29 is 14.7 Å². The van der Waals surface area contributed by atoms with Crippen molar-refractivity contribution in [3.05, 3.63) is 95.0 Å². The van der Waals surface area contributed by atoms with Gasteiger partial charge in [-0.25, -0.2) is 0 Å². The van der Waals surface area contributed by atoms with E-state index in [2.05, 4.69) is 0 Å². The van der Waals surface area contributed by atoms with Crippen LogP contribution >= 0.6 is 23.8 Å². The van der Waals surface area contributed by atoms with Gasteiger partial charge in [0.25, 0.3) is 0 Å². The molecule has 140 valence electrons. The molecule has 3 nitrogen and oxygen atoms in total. The second-order valence-electron chi connectivity index (χ2n) is 6.33. The van der Waals surface area contributed by atoms with Crippen LogP contribution in [0.3, 0.4) is 0 Å². The quantitative estimate of drug-likeness (QED) is 0.402. The van der Waals surface area contributed by atoms with Crippen molar-refractivity contribution in [1.82, 2.24) is 0 Å². The monoisotopic (exact) mass is 408 g/mol. The maximum absolute atomic E-state index is 12.6. The number of hydrogen-bond donors (Lipinski definition) is 1. The Balaban J connectivity index is 1.76. The van der Waals surface area contributed by atoms with Gasteiger partial charge < -0.3 is 5.11 Å². The molecule has 0 saturated carbocycles. The van der Waals surface area contributed by atoms with E-state index >= 15 is 0 Å². The molecule has 1 atom stereocenters. The molecule has 0 amide bonds. The Hall–Kier alpha value is -2.82. The van der Waals surface area contributed by atoms with E-state index in [4.69, 9.17) is 23.8 Å². The Bertz CT molecular complexity index is 996. The van der Waals surface area contributed by atoms with Crippen molar-refractivity contribution >= 4 is 40.4 Å². The molecule has 5 heteroatoms. The van der Waals surface area contributed by atoms with E-state index in [1.807, 2.05) is 30.3 Å². The smallest absolute Gasteiger partial charge is 0.312 e. The van der Waals surface area contributed by atoms with Crippen LogP contribution in [0.15, 0.2) is 78.9 Å². The van der Waals surface area contributed by atoms with Crippen LogP contribution in [0, 0.1) is 5.92 Å². The van der Waals surface area contributed by atoms with E-state index in [1.54, 1.807) is 48.5 Å². The topological polar surface area (TPSA) is 54.4 Å². The zero-order chi connectivity index (χ0) is 20.1. The summed E-state index contributed by atoms with van der Waals surface area (Å²) in [5.41, 5.74) is 3.04. The Morgan fingerprint density at radius 3 is 1.89 bits per heavy atom. The number of rotatable bonds is 7. The molecule has 0 spiro atoms. The number of aliphatic carboxylic acids is 1. The third kappa shape index (κ3) is 4.71. The Morgan fingerprint density at radius 1 is 0.821 bits per heavy atom. The van der Waals surface area contributed by atoms with Crippen LogP contribution in [-0.4, -0.2) is 21.7 Å². The van der Waals surface area contributed by atoms with Gasteiger partial charge >= 0.3 is 5.97 Å². The molecule has 0 saturated heterocycles. The summed E-state index contributed by atoms with van der Waals surface area (Å²) in [5, 5.41) is 10.2. The Kier molecular flexibility index (Phi) is 6.34. The van der Waals surface area contributed by atoms with Gasteiger partial charge in [0, 0.05) is 21.9 Å². The molecule has 0 fully saturated rings. The van der Waals surface area contributed by atoms with Crippen molar-refractivity contribution in [1.29, 1.82) is 0 Å². The highest BCUT2D eigenvalue weighted by molar-refractivity contribution is 7.81. The number of carbonyl (C=O) groups is 2. The molecule has 0 aliphatic carbocycles. The van der Waals surface area contributed by atoms with Crippen LogP contribution in [0.1, 0.15) is 22.3 Å². The van der Waals surface area contributed by atoms with Gasteiger partial charge in [-0.05, 0) is 28.8 Å². The zero-order valence-electron chi connectivity index (χ0n) is 14.8. The third-order valence-corrected chi connectivity index (χ3v) is 5.22. The van der Waals surface area contributed by atoms with Crippen LogP contribution in [0.25, 0.3) is 11.1 Å². The van der Waals surface area contributed by atoms with Crippen molar-refractivity contribution in [3.8, 4) is 11.1 Å². The van der Waals surface area contributed by atoms with Crippen molar-refractivity contribution in [2.24, 2.45) is 5.92 Å². The number of benzene rings is 3. The maximum atomic E-state index is 12.6. The van der Waals surface area contributed by atoms with Crippen LogP contribution in [0.5, 0.6) is 0 Å². The summed E-state index contributed by atoms with van der Waals surface area (Å²) < 4.78 is 0. The van der Waals surface area contributed by atoms with Gasteiger partial charge in [-0.2, -0.15) is 0 Å². The van der Waals surface area contributed by atoms with Crippen molar-refractivity contribution in [2.45, 2.75) is 6.42 Å². The normalized spacial score (nSPS) is 11.6. The number of carbonyl (C=O) groups excluding carboxylic acids is 1. The standard InChI is InChI=1S/C23H17ClO3S/c24-19-12-10-16(11-13-19)15-6-8-17(9-7-15)21(25)14-20(23(26)27)22(28)18-4-2-1-3-5-18/h1-13,20H,14H2,(H,26,27). The van der Waals surface area contributed by atoms with Gasteiger partial charge in [0.15, 0.2) is 5.78 Å². The highest BCUT2D eigenvalue weighted by atomic mass is 35.5. The maximum Gasteiger partial charge on any atom is 0.312 e. The summed E-state index contributed by atoms with van der Waals surface area (Å²) >= 11 is 11.2. The van der Waals surface area contributed by atoms with Crippen molar-refractivity contribution in [3.63, 3.8) is 0 Å². The van der Waals surface area contributed by atoms with Gasteiger partial charge in [0.1, 0.15) is 0 Å². The number of carboxylic acid groups (broad SMARTS) is 1. The lowest BCUT2D eigenvalue weighted by molar-refractivity contribution is -0.139. The highest BCUT2D eigenvalue weighted by Gasteiger charge is 2.27. The van der Waals surface area contributed by atoms with Gasteiger partial charge in [-0.1, -0.05) is 90.5 Å². The molecule has 0 aliphatic heterocycles. The summed E-state index contributed by atoms with van der Waals surface area (Å²) in [7, 11) is 0. The lowest BCUT2D eigenvalue weighted by Gasteiger charge is -2.13. The first-order chi connectivity index (χ1) is 13.5. The summed E-state index contributed by atoms with van der Waals surface area (Å²) in [5.74, 6) is -2.39. The van der Waals surface area contributed by atoms with E-state index in [0.29, 0.717) is 16.1 Å². The highest BCUT2D eigenvalue weighted by Crippen LogP contribution is 2.23. The SMILES string of the molecule is O=C(CC(C(=O)O)C(=S)c1ccccc1)c1ccc(-c2ccc(Cl)cc2)cc1. The molecule has 0 aromatic heterocycles. The fourth-order valence-electron chi connectivity index (χ4n) is 2.89. The molecule has 3 rings (SSSR count). The minimum Gasteiger partial charge on any atom is -0.481 e. The van der Waals surface area contributed by atoms with E-state index < -0.39 is 11.9 Å². The molecular formula is C23H17ClO3S. The predicted octanol–water partition coefficient (Wildman–Crippen LogP) is 5.70. The number of halogens is 1. The minimum atomic E-state index is -1.10. The predicted molar refractivity (Wildman–Crippen MR) is 115 cm³/mol. The van der Waals surface area contributed by atoms with Crippen LogP contribution in [0.4, 0.5) is 0 Å². The number of carboxylic acids is 1. The molecule has 1 unspecified atom stereocenters.